The molecule has 1 saturated carbocycles. The number of esters is 1. The van der Waals surface area contributed by atoms with Crippen LogP contribution in [0.15, 0.2) is 24.3 Å². The standard InChI is InChI=1S/C24H29NO4/c1-4-28-18-10-8-16(9-11-18)17-12-19-22(20(26)13-17)15(3)23(25-19)24(27)29-21-7-5-6-14(21)2/h8-11,14,17,21,25H,4-7,12-13H2,1-3H3/t14-,17+,21-/m0/s1. The summed E-state index contributed by atoms with van der Waals surface area (Å²) in [7, 11) is 0. The first-order valence-electron chi connectivity index (χ1n) is 10.7. The molecule has 0 aliphatic heterocycles. The summed E-state index contributed by atoms with van der Waals surface area (Å²) in [5, 5.41) is 0. The van der Waals surface area contributed by atoms with Gasteiger partial charge in [0.2, 0.25) is 0 Å². The lowest BCUT2D eigenvalue weighted by atomic mass is 9.81. The first-order valence-corrected chi connectivity index (χ1v) is 10.7. The summed E-state index contributed by atoms with van der Waals surface area (Å²) in [6, 6.07) is 7.95. The molecule has 29 heavy (non-hydrogen) atoms. The topological polar surface area (TPSA) is 68.4 Å². The zero-order chi connectivity index (χ0) is 20.5. The molecule has 0 bridgehead atoms. The largest absolute Gasteiger partial charge is 0.494 e. The van der Waals surface area contributed by atoms with Crippen molar-refractivity contribution in [2.75, 3.05) is 6.61 Å². The molecule has 1 aromatic heterocycles. The Morgan fingerprint density at radius 1 is 1.17 bits per heavy atom. The summed E-state index contributed by atoms with van der Waals surface area (Å²) in [6.07, 6.45) is 4.26. The average molecular weight is 395 g/mol. The SMILES string of the molecule is CCOc1ccc([C@H]2CC(=O)c3c([nH]c(C(=O)O[C@H]4CCC[C@@H]4C)c3C)C2)cc1. The van der Waals surface area contributed by atoms with Gasteiger partial charge in [-0.3, -0.25) is 4.79 Å². The van der Waals surface area contributed by atoms with E-state index in [1.54, 1.807) is 0 Å². The molecule has 5 heteroatoms. The number of ketones is 1. The molecule has 0 saturated heterocycles. The van der Waals surface area contributed by atoms with E-state index in [4.69, 9.17) is 9.47 Å². The minimum Gasteiger partial charge on any atom is -0.494 e. The van der Waals surface area contributed by atoms with Gasteiger partial charge in [-0.1, -0.05) is 19.1 Å². The van der Waals surface area contributed by atoms with Gasteiger partial charge < -0.3 is 14.5 Å². The molecule has 1 fully saturated rings. The predicted molar refractivity (Wildman–Crippen MR) is 111 cm³/mol. The van der Waals surface area contributed by atoms with Crippen molar-refractivity contribution >= 4 is 11.8 Å². The molecule has 1 heterocycles. The van der Waals surface area contributed by atoms with E-state index in [2.05, 4.69) is 11.9 Å². The van der Waals surface area contributed by atoms with Crippen molar-refractivity contribution in [3.63, 3.8) is 0 Å². The number of fused-ring (bicyclic) bond motifs is 1. The van der Waals surface area contributed by atoms with Gasteiger partial charge in [0, 0.05) is 17.7 Å². The zero-order valence-electron chi connectivity index (χ0n) is 17.4. The number of aromatic amines is 1. The molecule has 0 unspecified atom stereocenters. The van der Waals surface area contributed by atoms with Crippen molar-refractivity contribution in [2.24, 2.45) is 5.92 Å². The quantitative estimate of drug-likeness (QED) is 0.725. The van der Waals surface area contributed by atoms with Crippen LogP contribution in [0.2, 0.25) is 0 Å². The van der Waals surface area contributed by atoms with Crippen molar-refractivity contribution in [1.29, 1.82) is 0 Å². The van der Waals surface area contributed by atoms with Gasteiger partial charge in [0.15, 0.2) is 5.78 Å². The van der Waals surface area contributed by atoms with Gasteiger partial charge in [0.05, 0.1) is 6.61 Å². The number of benzene rings is 1. The first-order chi connectivity index (χ1) is 14.0. The number of hydrogen-bond donors (Lipinski definition) is 1. The number of hydrogen-bond acceptors (Lipinski definition) is 4. The van der Waals surface area contributed by atoms with E-state index in [0.717, 1.165) is 41.8 Å². The number of aromatic nitrogens is 1. The van der Waals surface area contributed by atoms with Crippen LogP contribution in [-0.4, -0.2) is 29.4 Å². The van der Waals surface area contributed by atoms with Gasteiger partial charge in [-0.2, -0.15) is 0 Å². The summed E-state index contributed by atoms with van der Waals surface area (Å²) in [5.41, 5.74) is 3.81. The molecule has 2 aromatic rings. The molecule has 0 radical (unpaired) electrons. The Bertz CT molecular complexity index is 912. The van der Waals surface area contributed by atoms with Crippen molar-refractivity contribution in [3.05, 3.63) is 52.3 Å². The van der Waals surface area contributed by atoms with Crippen LogP contribution in [-0.2, 0) is 11.2 Å². The van der Waals surface area contributed by atoms with E-state index < -0.39 is 0 Å². The molecule has 0 amide bonds. The summed E-state index contributed by atoms with van der Waals surface area (Å²) in [6.45, 7) is 6.56. The van der Waals surface area contributed by atoms with Crippen molar-refractivity contribution < 1.29 is 19.1 Å². The van der Waals surface area contributed by atoms with Crippen molar-refractivity contribution in [3.8, 4) is 5.75 Å². The van der Waals surface area contributed by atoms with Gasteiger partial charge in [0.1, 0.15) is 17.5 Å². The van der Waals surface area contributed by atoms with Gasteiger partial charge in [-0.15, -0.1) is 0 Å². The number of ether oxygens (including phenoxy) is 2. The Kier molecular flexibility index (Phi) is 5.48. The summed E-state index contributed by atoms with van der Waals surface area (Å²) >= 11 is 0. The molecule has 1 N–H and O–H groups in total. The van der Waals surface area contributed by atoms with Crippen LogP contribution >= 0.6 is 0 Å². The Morgan fingerprint density at radius 3 is 2.59 bits per heavy atom. The fourth-order valence-electron chi connectivity index (χ4n) is 4.76. The predicted octanol–water partition coefficient (Wildman–Crippen LogP) is 4.98. The molecule has 4 rings (SSSR count). The smallest absolute Gasteiger partial charge is 0.355 e. The zero-order valence-corrected chi connectivity index (χ0v) is 17.4. The van der Waals surface area contributed by atoms with Crippen molar-refractivity contribution in [1.82, 2.24) is 4.98 Å². The van der Waals surface area contributed by atoms with E-state index in [1.165, 1.54) is 0 Å². The van der Waals surface area contributed by atoms with E-state index in [9.17, 15) is 9.59 Å². The van der Waals surface area contributed by atoms with E-state index in [1.807, 2.05) is 38.1 Å². The minimum absolute atomic E-state index is 0.0190. The number of Topliss-reactive ketones (excluding diaryl/α,β-unsaturated/α-hetero) is 1. The van der Waals surface area contributed by atoms with Crippen LogP contribution in [0.4, 0.5) is 0 Å². The summed E-state index contributed by atoms with van der Waals surface area (Å²) < 4.78 is 11.3. The fraction of sp³-hybridized carbons (Fsp3) is 0.500. The van der Waals surface area contributed by atoms with E-state index >= 15 is 0 Å². The maximum atomic E-state index is 12.9. The number of H-pyrrole nitrogens is 1. The number of nitrogens with one attached hydrogen (secondary N) is 1. The van der Waals surface area contributed by atoms with Gasteiger partial charge in [0.25, 0.3) is 0 Å². The minimum atomic E-state index is -0.332. The Hall–Kier alpha value is -2.56. The van der Waals surface area contributed by atoms with Crippen LogP contribution < -0.4 is 4.74 Å². The third-order valence-corrected chi connectivity index (χ3v) is 6.40. The molecule has 2 aliphatic carbocycles. The molecule has 0 spiro atoms. The monoisotopic (exact) mass is 395 g/mol. The molecule has 1 aromatic carbocycles. The molecular formula is C24H29NO4. The third-order valence-electron chi connectivity index (χ3n) is 6.40. The number of carbonyl (C=O) groups is 2. The highest BCUT2D eigenvalue weighted by atomic mass is 16.5. The molecule has 5 nitrogen and oxygen atoms in total. The normalized spacial score (nSPS) is 23.7. The third kappa shape index (κ3) is 3.83. The molecule has 3 atom stereocenters. The van der Waals surface area contributed by atoms with Crippen LogP contribution in [0.3, 0.4) is 0 Å². The summed E-state index contributed by atoms with van der Waals surface area (Å²) in [4.78, 5) is 28.9. The molecule has 2 aliphatic rings. The van der Waals surface area contributed by atoms with Crippen LogP contribution in [0, 0.1) is 12.8 Å². The first kappa shape index (κ1) is 19.7. The average Bonchev–Trinajstić information content (AvgIpc) is 3.26. The maximum absolute atomic E-state index is 12.9. The highest BCUT2D eigenvalue weighted by molar-refractivity contribution is 6.03. The van der Waals surface area contributed by atoms with Crippen LogP contribution in [0.1, 0.15) is 83.1 Å². The number of carbonyl (C=O) groups excluding carboxylic acids is 2. The van der Waals surface area contributed by atoms with Crippen LogP contribution in [0.25, 0.3) is 0 Å². The Morgan fingerprint density at radius 2 is 1.93 bits per heavy atom. The fourth-order valence-corrected chi connectivity index (χ4v) is 4.76. The Balaban J connectivity index is 1.54. The maximum Gasteiger partial charge on any atom is 0.355 e. The van der Waals surface area contributed by atoms with Gasteiger partial charge in [-0.05, 0) is 74.6 Å². The second-order valence-electron chi connectivity index (χ2n) is 8.36. The highest BCUT2D eigenvalue weighted by Crippen LogP contribution is 2.36. The molecular weight excluding hydrogens is 366 g/mol. The van der Waals surface area contributed by atoms with Crippen molar-refractivity contribution in [2.45, 2.75) is 64.9 Å². The lowest BCUT2D eigenvalue weighted by Gasteiger charge is -2.22. The van der Waals surface area contributed by atoms with Gasteiger partial charge >= 0.3 is 5.97 Å². The van der Waals surface area contributed by atoms with Crippen LogP contribution in [0.5, 0.6) is 5.75 Å². The van der Waals surface area contributed by atoms with E-state index in [-0.39, 0.29) is 23.8 Å². The number of rotatable bonds is 5. The second-order valence-corrected chi connectivity index (χ2v) is 8.36. The molecule has 154 valence electrons. The van der Waals surface area contributed by atoms with Gasteiger partial charge in [-0.25, -0.2) is 4.79 Å². The Labute approximate surface area is 171 Å². The summed E-state index contributed by atoms with van der Waals surface area (Å²) in [5.74, 6) is 1.09. The lowest BCUT2D eigenvalue weighted by Crippen LogP contribution is -2.21. The highest BCUT2D eigenvalue weighted by Gasteiger charge is 2.34. The lowest BCUT2D eigenvalue weighted by molar-refractivity contribution is 0.0219. The second kappa shape index (κ2) is 8.05. The van der Waals surface area contributed by atoms with E-state index in [0.29, 0.717) is 36.6 Å².